The van der Waals surface area contributed by atoms with Gasteiger partial charge in [0.25, 0.3) is 0 Å². The SMILES string of the molecule is C=CNc1ccc(-c2c(C#N)c3ccc(Oc4cnccn4)cc3n2C2CC2)cc1.CC. The van der Waals surface area contributed by atoms with Crippen molar-refractivity contribution in [1.82, 2.24) is 14.5 Å². The predicted molar refractivity (Wildman–Crippen MR) is 128 cm³/mol. The third-order valence-corrected chi connectivity index (χ3v) is 5.19. The van der Waals surface area contributed by atoms with Crippen molar-refractivity contribution < 1.29 is 4.74 Å². The maximum absolute atomic E-state index is 10.00. The molecule has 0 unspecified atom stereocenters. The lowest BCUT2D eigenvalue weighted by atomic mass is 10.1. The molecule has 32 heavy (non-hydrogen) atoms. The first kappa shape index (κ1) is 21.1. The average Bonchev–Trinajstić information content (AvgIpc) is 3.63. The second kappa shape index (κ2) is 9.36. The van der Waals surface area contributed by atoms with Crippen molar-refractivity contribution in [2.45, 2.75) is 32.7 Å². The average molecular weight is 424 g/mol. The summed E-state index contributed by atoms with van der Waals surface area (Å²) in [6.07, 6.45) is 8.64. The molecule has 0 spiro atoms. The number of hydrogen-bond donors (Lipinski definition) is 1. The molecule has 1 aliphatic rings. The zero-order chi connectivity index (χ0) is 22.5. The van der Waals surface area contributed by atoms with Gasteiger partial charge in [-0.1, -0.05) is 32.6 Å². The van der Waals surface area contributed by atoms with Crippen molar-refractivity contribution in [3.05, 3.63) is 79.4 Å². The molecule has 2 aromatic carbocycles. The van der Waals surface area contributed by atoms with Crippen molar-refractivity contribution in [1.29, 1.82) is 5.26 Å². The van der Waals surface area contributed by atoms with Crippen LogP contribution in [0.5, 0.6) is 11.6 Å². The number of nitrogens with zero attached hydrogens (tertiary/aromatic N) is 4. The molecule has 1 saturated carbocycles. The van der Waals surface area contributed by atoms with Crippen LogP contribution in [0.2, 0.25) is 0 Å². The number of fused-ring (bicyclic) bond motifs is 1. The van der Waals surface area contributed by atoms with E-state index in [1.165, 1.54) is 0 Å². The van der Waals surface area contributed by atoms with Gasteiger partial charge in [0.1, 0.15) is 11.8 Å². The standard InChI is InChI=1S/C24H19N5O.C2H6/c1-2-27-17-5-3-16(4-6-17)24-21(14-25)20-10-9-19(30-23-15-26-11-12-28-23)13-22(20)29(24)18-7-8-18;1-2/h2-6,9-13,15,18,27H,1,7-8H2;1-2H3. The summed E-state index contributed by atoms with van der Waals surface area (Å²) >= 11 is 0. The number of ether oxygens (including phenoxy) is 1. The molecular weight excluding hydrogens is 398 g/mol. The maximum Gasteiger partial charge on any atom is 0.237 e. The Balaban J connectivity index is 0.00000119. The molecule has 0 bridgehead atoms. The minimum Gasteiger partial charge on any atom is -0.437 e. The first-order valence-electron chi connectivity index (χ1n) is 10.8. The molecule has 6 nitrogen and oxygen atoms in total. The number of nitriles is 1. The van der Waals surface area contributed by atoms with Gasteiger partial charge < -0.3 is 14.6 Å². The molecule has 4 aromatic rings. The van der Waals surface area contributed by atoms with Gasteiger partial charge in [-0.05, 0) is 48.9 Å². The van der Waals surface area contributed by atoms with Crippen LogP contribution in [-0.2, 0) is 0 Å². The van der Waals surface area contributed by atoms with E-state index in [1.807, 2.05) is 56.3 Å². The normalized spacial score (nSPS) is 12.4. The molecule has 0 saturated heterocycles. The molecule has 0 aliphatic heterocycles. The van der Waals surface area contributed by atoms with Crippen LogP contribution < -0.4 is 10.1 Å². The van der Waals surface area contributed by atoms with Crippen molar-refractivity contribution in [2.75, 3.05) is 5.32 Å². The molecule has 2 heterocycles. The molecule has 2 aromatic heterocycles. The van der Waals surface area contributed by atoms with E-state index in [9.17, 15) is 5.26 Å². The lowest BCUT2D eigenvalue weighted by Crippen LogP contribution is -1.98. The highest BCUT2D eigenvalue weighted by atomic mass is 16.5. The third-order valence-electron chi connectivity index (χ3n) is 5.19. The topological polar surface area (TPSA) is 75.8 Å². The molecule has 160 valence electrons. The Labute approximate surface area is 187 Å². The first-order chi connectivity index (χ1) is 15.8. The summed E-state index contributed by atoms with van der Waals surface area (Å²) in [5, 5.41) is 14.0. The summed E-state index contributed by atoms with van der Waals surface area (Å²) < 4.78 is 8.17. The highest BCUT2D eigenvalue weighted by Crippen LogP contribution is 2.45. The van der Waals surface area contributed by atoms with E-state index in [1.54, 1.807) is 24.8 Å². The van der Waals surface area contributed by atoms with Gasteiger partial charge in [0.15, 0.2) is 0 Å². The summed E-state index contributed by atoms with van der Waals surface area (Å²) in [5.74, 6) is 1.11. The van der Waals surface area contributed by atoms with Gasteiger partial charge in [0.2, 0.25) is 5.88 Å². The van der Waals surface area contributed by atoms with Gasteiger partial charge in [0, 0.05) is 35.6 Å². The minimum atomic E-state index is 0.391. The van der Waals surface area contributed by atoms with Crippen molar-refractivity contribution >= 4 is 16.6 Å². The van der Waals surface area contributed by atoms with Crippen molar-refractivity contribution in [2.24, 2.45) is 0 Å². The Bertz CT molecular complexity index is 1270. The molecule has 1 N–H and O–H groups in total. The summed E-state index contributed by atoms with van der Waals surface area (Å²) in [7, 11) is 0. The number of rotatable bonds is 6. The second-order valence-corrected chi connectivity index (χ2v) is 7.19. The molecule has 0 atom stereocenters. The summed E-state index contributed by atoms with van der Waals surface area (Å²) in [6.45, 7) is 7.70. The Kier molecular flexibility index (Phi) is 6.18. The smallest absolute Gasteiger partial charge is 0.237 e. The van der Waals surface area contributed by atoms with E-state index in [4.69, 9.17) is 4.74 Å². The fourth-order valence-electron chi connectivity index (χ4n) is 3.76. The lowest BCUT2D eigenvalue weighted by molar-refractivity contribution is 0.460. The first-order valence-corrected chi connectivity index (χ1v) is 10.8. The molecule has 0 amide bonds. The van der Waals surface area contributed by atoms with Crippen LogP contribution in [0.15, 0.2) is 73.8 Å². The molecular formula is C26H25N5O. The molecule has 5 rings (SSSR count). The largest absolute Gasteiger partial charge is 0.437 e. The van der Waals surface area contributed by atoms with Gasteiger partial charge in [0.05, 0.1) is 23.0 Å². The highest BCUT2D eigenvalue weighted by Gasteiger charge is 2.30. The molecule has 1 aliphatic carbocycles. The van der Waals surface area contributed by atoms with E-state index in [0.29, 0.717) is 23.2 Å². The van der Waals surface area contributed by atoms with E-state index >= 15 is 0 Å². The predicted octanol–water partition coefficient (Wildman–Crippen LogP) is 6.68. The Morgan fingerprint density at radius 2 is 1.94 bits per heavy atom. The van der Waals surface area contributed by atoms with Gasteiger partial charge in [-0.15, -0.1) is 0 Å². The lowest BCUT2D eigenvalue weighted by Gasteiger charge is -2.11. The van der Waals surface area contributed by atoms with Crippen LogP contribution in [0.1, 0.15) is 38.3 Å². The maximum atomic E-state index is 10.00. The van der Waals surface area contributed by atoms with Crippen molar-refractivity contribution in [3.8, 4) is 29.0 Å². The van der Waals surface area contributed by atoms with E-state index < -0.39 is 0 Å². The number of hydrogen-bond acceptors (Lipinski definition) is 5. The van der Waals surface area contributed by atoms with Crippen LogP contribution in [0.25, 0.3) is 22.2 Å². The zero-order valence-corrected chi connectivity index (χ0v) is 18.2. The fraction of sp³-hybridized carbons (Fsp3) is 0.192. The van der Waals surface area contributed by atoms with Gasteiger partial charge in [-0.3, -0.25) is 4.98 Å². The Morgan fingerprint density at radius 1 is 1.16 bits per heavy atom. The van der Waals surface area contributed by atoms with E-state index in [2.05, 4.69) is 32.5 Å². The monoisotopic (exact) mass is 423 g/mol. The minimum absolute atomic E-state index is 0.391. The van der Waals surface area contributed by atoms with E-state index in [-0.39, 0.29) is 0 Å². The summed E-state index contributed by atoms with van der Waals surface area (Å²) in [4.78, 5) is 8.22. The van der Waals surface area contributed by atoms with Gasteiger partial charge in [-0.25, -0.2) is 4.98 Å². The zero-order valence-electron chi connectivity index (χ0n) is 18.2. The van der Waals surface area contributed by atoms with Crippen LogP contribution in [0.4, 0.5) is 5.69 Å². The van der Waals surface area contributed by atoms with Crippen LogP contribution in [0.3, 0.4) is 0 Å². The number of anilines is 1. The summed E-state index contributed by atoms with van der Waals surface area (Å²) in [5.41, 5.74) is 4.62. The van der Waals surface area contributed by atoms with Crippen LogP contribution >= 0.6 is 0 Å². The van der Waals surface area contributed by atoms with Crippen LogP contribution in [-0.4, -0.2) is 14.5 Å². The molecule has 1 fully saturated rings. The Hall–Kier alpha value is -4.11. The fourth-order valence-corrected chi connectivity index (χ4v) is 3.76. The highest BCUT2D eigenvalue weighted by molar-refractivity contribution is 5.95. The number of nitrogens with one attached hydrogen (secondary N) is 1. The van der Waals surface area contributed by atoms with E-state index in [0.717, 1.165) is 40.7 Å². The number of aromatic nitrogens is 3. The second-order valence-electron chi connectivity index (χ2n) is 7.19. The number of benzene rings is 2. The summed E-state index contributed by atoms with van der Waals surface area (Å²) in [6, 6.07) is 16.7. The molecule has 0 radical (unpaired) electrons. The third kappa shape index (κ3) is 4.06. The quantitative estimate of drug-likeness (QED) is 0.374. The Morgan fingerprint density at radius 3 is 2.56 bits per heavy atom. The molecule has 6 heteroatoms. The van der Waals surface area contributed by atoms with Gasteiger partial charge in [-0.2, -0.15) is 5.26 Å². The van der Waals surface area contributed by atoms with Crippen molar-refractivity contribution in [3.63, 3.8) is 0 Å². The van der Waals surface area contributed by atoms with Gasteiger partial charge >= 0.3 is 0 Å². The van der Waals surface area contributed by atoms with Crippen LogP contribution in [0, 0.1) is 11.3 Å².